The van der Waals surface area contributed by atoms with Gasteiger partial charge in [0.05, 0.1) is 13.2 Å². The van der Waals surface area contributed by atoms with Crippen LogP contribution < -0.4 is 0 Å². The normalized spacial score (nSPS) is 45.1. The van der Waals surface area contributed by atoms with Gasteiger partial charge in [0.2, 0.25) is 0 Å². The summed E-state index contributed by atoms with van der Waals surface area (Å²) >= 11 is 0. The molecule has 4 aliphatic rings. The third-order valence-corrected chi connectivity index (χ3v) is 4.15. The maximum Gasteiger partial charge on any atom is 0.161 e. The highest BCUT2D eigenvalue weighted by molar-refractivity contribution is 5.10. The highest BCUT2D eigenvalue weighted by atomic mass is 16.7. The first kappa shape index (κ1) is 9.82. The lowest BCUT2D eigenvalue weighted by molar-refractivity contribution is -0.137. The zero-order valence-corrected chi connectivity index (χ0v) is 8.84. The van der Waals surface area contributed by atoms with Gasteiger partial charge in [0.1, 0.15) is 0 Å². The highest BCUT2D eigenvalue weighted by Crippen LogP contribution is 2.47. The van der Waals surface area contributed by atoms with E-state index < -0.39 is 0 Å². The molecule has 0 aromatic rings. The zero-order chi connectivity index (χ0) is 10.3. The van der Waals surface area contributed by atoms with Crippen molar-refractivity contribution in [3.8, 4) is 0 Å². The molecule has 0 amide bonds. The molecule has 1 N–H and O–H groups in total. The Morgan fingerprint density at radius 2 is 1.73 bits per heavy atom. The quantitative estimate of drug-likeness (QED) is 0.696. The van der Waals surface area contributed by atoms with Crippen molar-refractivity contribution in [2.75, 3.05) is 19.8 Å². The monoisotopic (exact) mass is 210 g/mol. The lowest BCUT2D eigenvalue weighted by Gasteiger charge is -2.45. The van der Waals surface area contributed by atoms with Crippen molar-refractivity contribution < 1.29 is 14.6 Å². The molecule has 3 nitrogen and oxygen atoms in total. The van der Waals surface area contributed by atoms with E-state index in [1.807, 2.05) is 0 Å². The molecule has 0 aromatic heterocycles. The second-order valence-electron chi connectivity index (χ2n) is 4.82. The van der Waals surface area contributed by atoms with E-state index in [1.54, 1.807) is 0 Å². The molecule has 4 atom stereocenters. The van der Waals surface area contributed by atoms with Crippen LogP contribution in [0.4, 0.5) is 0 Å². The summed E-state index contributed by atoms with van der Waals surface area (Å²) in [6.07, 6.45) is 6.96. The molecule has 84 valence electrons. The molecule has 1 saturated carbocycles. The van der Waals surface area contributed by atoms with Gasteiger partial charge in [-0.2, -0.15) is 0 Å². The van der Waals surface area contributed by atoms with Gasteiger partial charge in [0, 0.05) is 12.5 Å². The lowest BCUT2D eigenvalue weighted by Crippen LogP contribution is -2.45. The van der Waals surface area contributed by atoms with Gasteiger partial charge >= 0.3 is 0 Å². The van der Waals surface area contributed by atoms with E-state index in [0.717, 1.165) is 0 Å². The van der Waals surface area contributed by atoms with Crippen LogP contribution in [0.5, 0.6) is 0 Å². The minimum absolute atomic E-state index is 0.0695. The third kappa shape index (κ3) is 1.53. The molecule has 1 heterocycles. The van der Waals surface area contributed by atoms with Crippen molar-refractivity contribution in [1.29, 1.82) is 0 Å². The van der Waals surface area contributed by atoms with Crippen molar-refractivity contribution >= 4 is 0 Å². The van der Waals surface area contributed by atoms with E-state index in [0.29, 0.717) is 36.9 Å². The minimum Gasteiger partial charge on any atom is -0.396 e. The predicted molar refractivity (Wildman–Crippen MR) is 55.1 cm³/mol. The van der Waals surface area contributed by atoms with Crippen LogP contribution in [0.1, 0.15) is 12.8 Å². The standard InChI is InChI=1S/C12H18O3/c13-7-10-8-1-3-9(4-2-8)11(10)12-14-5-6-15-12/h1,3,8-13H,2,4-7H2. The van der Waals surface area contributed by atoms with Crippen LogP contribution in [0, 0.1) is 23.7 Å². The average molecular weight is 210 g/mol. The molecule has 0 spiro atoms. The Balaban J connectivity index is 1.82. The SMILES string of the molecule is OCC1C2C=CC(CC2)C1C1OCCO1. The van der Waals surface area contributed by atoms with E-state index in [9.17, 15) is 5.11 Å². The Hall–Kier alpha value is -0.380. The van der Waals surface area contributed by atoms with Crippen molar-refractivity contribution in [1.82, 2.24) is 0 Å². The maximum atomic E-state index is 9.50. The van der Waals surface area contributed by atoms with Gasteiger partial charge in [0.25, 0.3) is 0 Å². The first-order valence-corrected chi connectivity index (χ1v) is 5.92. The Labute approximate surface area is 90.1 Å². The molecule has 1 aliphatic heterocycles. The van der Waals surface area contributed by atoms with Crippen LogP contribution in [0.3, 0.4) is 0 Å². The molecule has 4 rings (SSSR count). The van der Waals surface area contributed by atoms with E-state index >= 15 is 0 Å². The van der Waals surface area contributed by atoms with Gasteiger partial charge in [-0.05, 0) is 30.6 Å². The molecular weight excluding hydrogens is 192 g/mol. The third-order valence-electron chi connectivity index (χ3n) is 4.15. The van der Waals surface area contributed by atoms with Crippen LogP contribution >= 0.6 is 0 Å². The van der Waals surface area contributed by atoms with Crippen LogP contribution in [0.25, 0.3) is 0 Å². The molecule has 0 radical (unpaired) electrons. The van der Waals surface area contributed by atoms with Crippen molar-refractivity contribution in [2.45, 2.75) is 19.1 Å². The number of aliphatic hydroxyl groups excluding tert-OH is 1. The summed E-state index contributed by atoms with van der Waals surface area (Å²) in [6, 6.07) is 0. The van der Waals surface area contributed by atoms with Crippen molar-refractivity contribution in [3.63, 3.8) is 0 Å². The number of rotatable bonds is 2. The van der Waals surface area contributed by atoms with E-state index in [-0.39, 0.29) is 12.9 Å². The second kappa shape index (κ2) is 3.89. The van der Waals surface area contributed by atoms with Gasteiger partial charge in [-0.25, -0.2) is 0 Å². The van der Waals surface area contributed by atoms with Crippen LogP contribution in [-0.2, 0) is 9.47 Å². The number of hydrogen-bond donors (Lipinski definition) is 1. The molecule has 4 unspecified atom stereocenters. The first-order valence-electron chi connectivity index (χ1n) is 5.92. The molecule has 0 aromatic carbocycles. The van der Waals surface area contributed by atoms with Crippen LogP contribution in [-0.4, -0.2) is 31.2 Å². The topological polar surface area (TPSA) is 38.7 Å². The number of aliphatic hydroxyl groups is 1. The van der Waals surface area contributed by atoms with Crippen molar-refractivity contribution in [3.05, 3.63) is 12.2 Å². The molecule has 1 saturated heterocycles. The second-order valence-corrected chi connectivity index (χ2v) is 4.82. The van der Waals surface area contributed by atoms with Gasteiger partial charge < -0.3 is 14.6 Å². The highest BCUT2D eigenvalue weighted by Gasteiger charge is 2.46. The number of fused-ring (bicyclic) bond motifs is 2. The molecule has 3 heteroatoms. The number of ether oxygens (including phenoxy) is 2. The van der Waals surface area contributed by atoms with Gasteiger partial charge in [0.15, 0.2) is 6.29 Å². The van der Waals surface area contributed by atoms with E-state index in [1.165, 1.54) is 12.8 Å². The average Bonchev–Trinajstić information content (AvgIpc) is 2.82. The summed E-state index contributed by atoms with van der Waals surface area (Å²) in [5.41, 5.74) is 0. The van der Waals surface area contributed by atoms with Gasteiger partial charge in [-0.3, -0.25) is 0 Å². The first-order chi connectivity index (χ1) is 7.40. The zero-order valence-electron chi connectivity index (χ0n) is 8.84. The van der Waals surface area contributed by atoms with Crippen LogP contribution in [0.15, 0.2) is 12.2 Å². The Morgan fingerprint density at radius 1 is 1.07 bits per heavy atom. The van der Waals surface area contributed by atoms with Gasteiger partial charge in [-0.1, -0.05) is 12.2 Å². The summed E-state index contributed by atoms with van der Waals surface area (Å²) in [5.74, 6) is 1.81. The Morgan fingerprint density at radius 3 is 2.33 bits per heavy atom. The fraction of sp³-hybridized carbons (Fsp3) is 0.833. The fourth-order valence-corrected chi connectivity index (χ4v) is 3.40. The number of hydrogen-bond acceptors (Lipinski definition) is 3. The Kier molecular flexibility index (Phi) is 2.54. The molecule has 3 aliphatic carbocycles. The summed E-state index contributed by atoms with van der Waals surface area (Å²) in [6.45, 7) is 1.68. The number of allylic oxidation sites excluding steroid dienone is 2. The summed E-state index contributed by atoms with van der Waals surface area (Å²) < 4.78 is 11.2. The molecular formula is C12H18O3. The summed E-state index contributed by atoms with van der Waals surface area (Å²) in [7, 11) is 0. The van der Waals surface area contributed by atoms with E-state index in [2.05, 4.69) is 12.2 Å². The van der Waals surface area contributed by atoms with Gasteiger partial charge in [-0.15, -0.1) is 0 Å². The summed E-state index contributed by atoms with van der Waals surface area (Å²) in [4.78, 5) is 0. The summed E-state index contributed by atoms with van der Waals surface area (Å²) in [5, 5.41) is 9.50. The Bertz CT molecular complexity index is 258. The largest absolute Gasteiger partial charge is 0.396 e. The molecule has 15 heavy (non-hydrogen) atoms. The molecule has 2 bridgehead atoms. The predicted octanol–water partition coefficient (Wildman–Crippen LogP) is 1.18. The van der Waals surface area contributed by atoms with Crippen LogP contribution in [0.2, 0.25) is 0 Å². The fourth-order valence-electron chi connectivity index (χ4n) is 3.40. The van der Waals surface area contributed by atoms with E-state index in [4.69, 9.17) is 9.47 Å². The molecule has 2 fully saturated rings. The smallest absolute Gasteiger partial charge is 0.161 e. The maximum absolute atomic E-state index is 9.50. The lowest BCUT2D eigenvalue weighted by atomic mass is 9.62. The minimum atomic E-state index is -0.0695. The van der Waals surface area contributed by atoms with Crippen molar-refractivity contribution in [2.24, 2.45) is 23.7 Å².